The van der Waals surface area contributed by atoms with E-state index in [0.717, 1.165) is 12.5 Å². The van der Waals surface area contributed by atoms with Gasteiger partial charge in [-0.1, -0.05) is 26.2 Å². The Kier molecular flexibility index (Phi) is 4.86. The molecule has 0 saturated heterocycles. The third-order valence-electron chi connectivity index (χ3n) is 3.66. The monoisotopic (exact) mass is 253 g/mol. The lowest BCUT2D eigenvalue weighted by Gasteiger charge is -2.22. The maximum absolute atomic E-state index is 9.04. The molecule has 3 heteroatoms. The minimum Gasteiger partial charge on any atom is -0.396 e. The summed E-state index contributed by atoms with van der Waals surface area (Å²) in [6, 6.07) is 2.28. The molecular formula is C14H23NOS. The molecule has 2 nitrogen and oxygen atoms in total. The molecule has 17 heavy (non-hydrogen) atoms. The number of hydrogen-bond acceptors (Lipinski definition) is 3. The highest BCUT2D eigenvalue weighted by atomic mass is 32.1. The van der Waals surface area contributed by atoms with Crippen LogP contribution in [0.1, 0.15) is 50.5 Å². The van der Waals surface area contributed by atoms with Crippen LogP contribution in [0.2, 0.25) is 0 Å². The molecule has 1 aromatic rings. The standard InChI is InChI=1S/C14H23NOS/c1-11(10-16)9-15-14-13(7-8-17-14)12-5-3-2-4-6-12/h7-8,11-12,15-16H,2-6,9-10H2,1H3. The van der Waals surface area contributed by atoms with Crippen LogP contribution in [0.4, 0.5) is 5.00 Å². The molecule has 0 bridgehead atoms. The predicted molar refractivity (Wildman–Crippen MR) is 74.9 cm³/mol. The minimum absolute atomic E-state index is 0.261. The first kappa shape index (κ1) is 12.9. The van der Waals surface area contributed by atoms with E-state index in [1.54, 1.807) is 11.3 Å². The summed E-state index contributed by atoms with van der Waals surface area (Å²) in [4.78, 5) is 0. The Labute approximate surface area is 108 Å². The number of hydrogen-bond donors (Lipinski definition) is 2. The molecule has 2 rings (SSSR count). The molecule has 0 spiro atoms. The van der Waals surface area contributed by atoms with Crippen molar-refractivity contribution in [1.29, 1.82) is 0 Å². The van der Waals surface area contributed by atoms with Gasteiger partial charge in [-0.15, -0.1) is 11.3 Å². The van der Waals surface area contributed by atoms with E-state index < -0.39 is 0 Å². The molecule has 1 aromatic heterocycles. The summed E-state index contributed by atoms with van der Waals surface area (Å²) in [7, 11) is 0. The van der Waals surface area contributed by atoms with Crippen molar-refractivity contribution in [3.05, 3.63) is 17.0 Å². The van der Waals surface area contributed by atoms with Crippen LogP contribution in [0, 0.1) is 5.92 Å². The molecule has 2 N–H and O–H groups in total. The minimum atomic E-state index is 0.261. The molecule has 1 heterocycles. The van der Waals surface area contributed by atoms with E-state index in [0.29, 0.717) is 5.92 Å². The van der Waals surface area contributed by atoms with Gasteiger partial charge >= 0.3 is 0 Å². The number of aliphatic hydroxyl groups is 1. The first-order valence-corrected chi connectivity index (χ1v) is 7.61. The van der Waals surface area contributed by atoms with E-state index in [9.17, 15) is 0 Å². The summed E-state index contributed by atoms with van der Waals surface area (Å²) in [6.45, 7) is 3.20. The summed E-state index contributed by atoms with van der Waals surface area (Å²) in [6.07, 6.45) is 6.87. The Morgan fingerprint density at radius 2 is 2.18 bits per heavy atom. The maximum atomic E-state index is 9.04. The van der Waals surface area contributed by atoms with Crippen LogP contribution < -0.4 is 5.32 Å². The van der Waals surface area contributed by atoms with Gasteiger partial charge in [0.15, 0.2) is 0 Å². The molecule has 1 saturated carbocycles. The van der Waals surface area contributed by atoms with Crippen LogP contribution in [-0.4, -0.2) is 18.3 Å². The number of aliphatic hydroxyl groups excluding tert-OH is 1. The molecule has 1 atom stereocenters. The van der Waals surface area contributed by atoms with Gasteiger partial charge in [0.05, 0.1) is 5.00 Å². The summed E-state index contributed by atoms with van der Waals surface area (Å²) < 4.78 is 0. The van der Waals surface area contributed by atoms with Gasteiger partial charge in [-0.3, -0.25) is 0 Å². The zero-order chi connectivity index (χ0) is 12.1. The third kappa shape index (κ3) is 3.46. The van der Waals surface area contributed by atoms with E-state index in [4.69, 9.17) is 5.11 Å². The van der Waals surface area contributed by atoms with Gasteiger partial charge in [-0.05, 0) is 41.7 Å². The Hall–Kier alpha value is -0.540. The zero-order valence-electron chi connectivity index (χ0n) is 10.6. The summed E-state index contributed by atoms with van der Waals surface area (Å²) in [5, 5.41) is 16.1. The molecule has 0 aliphatic heterocycles. The highest BCUT2D eigenvalue weighted by molar-refractivity contribution is 7.14. The Morgan fingerprint density at radius 1 is 1.41 bits per heavy atom. The van der Waals surface area contributed by atoms with Crippen molar-refractivity contribution in [1.82, 2.24) is 0 Å². The van der Waals surface area contributed by atoms with Crippen molar-refractivity contribution >= 4 is 16.3 Å². The van der Waals surface area contributed by atoms with Crippen molar-refractivity contribution in [2.24, 2.45) is 5.92 Å². The van der Waals surface area contributed by atoms with Gasteiger partial charge in [-0.25, -0.2) is 0 Å². The second-order valence-corrected chi connectivity index (χ2v) is 6.12. The Bertz CT molecular complexity index is 331. The van der Waals surface area contributed by atoms with Gasteiger partial charge < -0.3 is 10.4 Å². The average molecular weight is 253 g/mol. The fraction of sp³-hybridized carbons (Fsp3) is 0.714. The largest absolute Gasteiger partial charge is 0.396 e. The average Bonchev–Trinajstić information content (AvgIpc) is 2.85. The van der Waals surface area contributed by atoms with Gasteiger partial charge in [0.1, 0.15) is 0 Å². The van der Waals surface area contributed by atoms with Crippen LogP contribution in [0.5, 0.6) is 0 Å². The lowest BCUT2D eigenvalue weighted by molar-refractivity contribution is 0.244. The van der Waals surface area contributed by atoms with Crippen LogP contribution >= 0.6 is 11.3 Å². The number of anilines is 1. The predicted octanol–water partition coefficient (Wildman–Crippen LogP) is 3.84. The first-order chi connectivity index (χ1) is 8.31. The lowest BCUT2D eigenvalue weighted by Crippen LogP contribution is -2.15. The number of nitrogens with one attached hydrogen (secondary N) is 1. The summed E-state index contributed by atoms with van der Waals surface area (Å²) in [5.74, 6) is 1.10. The van der Waals surface area contributed by atoms with E-state index in [2.05, 4.69) is 23.7 Å². The SMILES string of the molecule is CC(CO)CNc1sccc1C1CCCCC1. The third-order valence-corrected chi connectivity index (χ3v) is 4.55. The fourth-order valence-corrected chi connectivity index (χ4v) is 3.42. The number of thiophene rings is 1. The van der Waals surface area contributed by atoms with E-state index in [1.165, 1.54) is 42.7 Å². The van der Waals surface area contributed by atoms with Gasteiger partial charge in [0.2, 0.25) is 0 Å². The van der Waals surface area contributed by atoms with Crippen molar-refractivity contribution in [2.45, 2.75) is 44.9 Å². The molecule has 96 valence electrons. The molecule has 1 aliphatic carbocycles. The molecule has 1 unspecified atom stereocenters. The second kappa shape index (κ2) is 6.41. The van der Waals surface area contributed by atoms with Gasteiger partial charge in [0, 0.05) is 13.2 Å². The van der Waals surface area contributed by atoms with Crippen molar-refractivity contribution < 1.29 is 5.11 Å². The van der Waals surface area contributed by atoms with Gasteiger partial charge in [0.25, 0.3) is 0 Å². The van der Waals surface area contributed by atoms with E-state index >= 15 is 0 Å². The fourth-order valence-electron chi connectivity index (χ4n) is 2.53. The topological polar surface area (TPSA) is 32.3 Å². The van der Waals surface area contributed by atoms with E-state index in [1.807, 2.05) is 0 Å². The van der Waals surface area contributed by atoms with Crippen LogP contribution in [-0.2, 0) is 0 Å². The molecular weight excluding hydrogens is 230 g/mol. The van der Waals surface area contributed by atoms with Gasteiger partial charge in [-0.2, -0.15) is 0 Å². The molecule has 0 radical (unpaired) electrons. The first-order valence-electron chi connectivity index (χ1n) is 6.73. The zero-order valence-corrected chi connectivity index (χ0v) is 11.4. The van der Waals surface area contributed by atoms with Crippen molar-refractivity contribution in [3.63, 3.8) is 0 Å². The molecule has 1 fully saturated rings. The van der Waals surface area contributed by atoms with Crippen molar-refractivity contribution in [2.75, 3.05) is 18.5 Å². The summed E-state index contributed by atoms with van der Waals surface area (Å²) >= 11 is 1.80. The molecule has 0 amide bonds. The van der Waals surface area contributed by atoms with E-state index in [-0.39, 0.29) is 6.61 Å². The quantitative estimate of drug-likeness (QED) is 0.835. The second-order valence-electron chi connectivity index (χ2n) is 5.21. The number of rotatable bonds is 5. The Morgan fingerprint density at radius 3 is 2.88 bits per heavy atom. The smallest absolute Gasteiger partial charge is 0.0917 e. The van der Waals surface area contributed by atoms with Crippen LogP contribution in [0.25, 0.3) is 0 Å². The van der Waals surface area contributed by atoms with Crippen LogP contribution in [0.3, 0.4) is 0 Å². The maximum Gasteiger partial charge on any atom is 0.0917 e. The highest BCUT2D eigenvalue weighted by Crippen LogP contribution is 2.38. The highest BCUT2D eigenvalue weighted by Gasteiger charge is 2.19. The molecule has 0 aromatic carbocycles. The van der Waals surface area contributed by atoms with Crippen LogP contribution in [0.15, 0.2) is 11.4 Å². The van der Waals surface area contributed by atoms with Crippen molar-refractivity contribution in [3.8, 4) is 0 Å². The normalized spacial score (nSPS) is 19.2. The summed E-state index contributed by atoms with van der Waals surface area (Å²) in [5.41, 5.74) is 1.51. The Balaban J connectivity index is 1.95. The molecule has 1 aliphatic rings. The lowest BCUT2D eigenvalue weighted by atomic mass is 9.85.